The molecular weight excluding hydrogens is 194 g/mol. The lowest BCUT2D eigenvalue weighted by Gasteiger charge is -2.42. The third kappa shape index (κ3) is 4.45. The monoisotopic (exact) mass is 227 g/mol. The minimum atomic E-state index is 0.812. The summed E-state index contributed by atoms with van der Waals surface area (Å²) in [5.74, 6) is 0.812. The summed E-state index contributed by atoms with van der Waals surface area (Å²) in [5, 5.41) is 0. The highest BCUT2D eigenvalue weighted by Gasteiger charge is 2.28. The Bertz CT molecular complexity index is 154. The summed E-state index contributed by atoms with van der Waals surface area (Å²) in [5.41, 5.74) is 0. The highest BCUT2D eigenvalue weighted by molar-refractivity contribution is 4.83. The molecule has 1 saturated heterocycles. The first kappa shape index (κ1) is 16.0. The third-order valence-corrected chi connectivity index (χ3v) is 3.76. The smallest absolute Gasteiger partial charge is 0.0119 e. The molecule has 1 heterocycles. The van der Waals surface area contributed by atoms with Gasteiger partial charge in [-0.2, -0.15) is 0 Å². The predicted octanol–water partition coefficient (Wildman–Crippen LogP) is 4.71. The third-order valence-electron chi connectivity index (χ3n) is 3.76. The fourth-order valence-corrected chi connectivity index (χ4v) is 2.99. The van der Waals surface area contributed by atoms with Crippen LogP contribution in [0.4, 0.5) is 0 Å². The molecule has 0 aromatic carbocycles. The lowest BCUT2D eigenvalue weighted by molar-refractivity contribution is 0.0646. The van der Waals surface area contributed by atoms with Crippen molar-refractivity contribution >= 4 is 0 Å². The lowest BCUT2D eigenvalue weighted by atomic mass is 9.92. The van der Waals surface area contributed by atoms with Crippen molar-refractivity contribution in [3.63, 3.8) is 0 Å². The van der Waals surface area contributed by atoms with Gasteiger partial charge >= 0.3 is 0 Å². The van der Waals surface area contributed by atoms with Crippen LogP contribution in [0.5, 0.6) is 0 Å². The first-order chi connectivity index (χ1) is 7.70. The van der Waals surface area contributed by atoms with Gasteiger partial charge in [-0.25, -0.2) is 0 Å². The summed E-state index contributed by atoms with van der Waals surface area (Å²) in [4.78, 5) is 2.79. The van der Waals surface area contributed by atoms with Gasteiger partial charge < -0.3 is 0 Å². The van der Waals surface area contributed by atoms with Crippen LogP contribution >= 0.6 is 0 Å². The van der Waals surface area contributed by atoms with Crippen molar-refractivity contribution < 1.29 is 0 Å². The Hall–Kier alpha value is -0.0400. The van der Waals surface area contributed by atoms with E-state index in [1.165, 1.54) is 38.6 Å². The van der Waals surface area contributed by atoms with Gasteiger partial charge in [-0.1, -0.05) is 48.0 Å². The van der Waals surface area contributed by atoms with Crippen LogP contribution in [0.25, 0.3) is 0 Å². The molecule has 2 unspecified atom stereocenters. The molecule has 16 heavy (non-hydrogen) atoms. The molecule has 1 fully saturated rings. The van der Waals surface area contributed by atoms with E-state index in [-0.39, 0.29) is 0 Å². The SMILES string of the molecule is CC.CCC1CCCCN1C(CC)C(C)C. The van der Waals surface area contributed by atoms with Gasteiger partial charge in [0.25, 0.3) is 0 Å². The summed E-state index contributed by atoms with van der Waals surface area (Å²) in [6.07, 6.45) is 6.94. The molecule has 1 heteroatoms. The van der Waals surface area contributed by atoms with E-state index in [1.807, 2.05) is 13.8 Å². The Balaban J connectivity index is 0.00000106. The predicted molar refractivity (Wildman–Crippen MR) is 74.9 cm³/mol. The van der Waals surface area contributed by atoms with Gasteiger partial charge in [0.1, 0.15) is 0 Å². The largest absolute Gasteiger partial charge is 0.297 e. The highest BCUT2D eigenvalue weighted by Crippen LogP contribution is 2.26. The number of hydrogen-bond acceptors (Lipinski definition) is 1. The number of rotatable bonds is 4. The van der Waals surface area contributed by atoms with Crippen LogP contribution in [-0.4, -0.2) is 23.5 Å². The Kier molecular flexibility index (Phi) is 9.02. The maximum Gasteiger partial charge on any atom is 0.0119 e. The molecule has 0 aromatic rings. The molecule has 0 spiro atoms. The quantitative estimate of drug-likeness (QED) is 0.672. The van der Waals surface area contributed by atoms with Crippen LogP contribution < -0.4 is 0 Å². The van der Waals surface area contributed by atoms with Crippen LogP contribution in [0.1, 0.15) is 73.6 Å². The number of nitrogens with zero attached hydrogens (tertiary/aromatic N) is 1. The summed E-state index contributed by atoms with van der Waals surface area (Å²) >= 11 is 0. The van der Waals surface area contributed by atoms with Gasteiger partial charge in [0, 0.05) is 12.1 Å². The van der Waals surface area contributed by atoms with Crippen molar-refractivity contribution in [2.45, 2.75) is 85.7 Å². The Labute approximate surface area is 104 Å². The van der Waals surface area contributed by atoms with E-state index in [1.54, 1.807) is 0 Å². The van der Waals surface area contributed by atoms with Gasteiger partial charge in [0.2, 0.25) is 0 Å². The van der Waals surface area contributed by atoms with Crippen molar-refractivity contribution in [2.24, 2.45) is 5.92 Å². The van der Waals surface area contributed by atoms with E-state index in [0.717, 1.165) is 18.0 Å². The molecule has 2 atom stereocenters. The van der Waals surface area contributed by atoms with Crippen LogP contribution in [0.3, 0.4) is 0 Å². The maximum atomic E-state index is 2.79. The molecule has 98 valence electrons. The van der Waals surface area contributed by atoms with Crippen LogP contribution in [0.15, 0.2) is 0 Å². The van der Waals surface area contributed by atoms with E-state index in [2.05, 4.69) is 32.6 Å². The van der Waals surface area contributed by atoms with Crippen molar-refractivity contribution in [2.75, 3.05) is 6.54 Å². The zero-order valence-corrected chi connectivity index (χ0v) is 12.4. The van der Waals surface area contributed by atoms with Crippen LogP contribution in [0.2, 0.25) is 0 Å². The molecule has 1 nitrogen and oxygen atoms in total. The number of piperidine rings is 1. The first-order valence-corrected chi connectivity index (χ1v) is 7.46. The van der Waals surface area contributed by atoms with Crippen molar-refractivity contribution in [1.82, 2.24) is 4.90 Å². The van der Waals surface area contributed by atoms with E-state index < -0.39 is 0 Å². The minimum Gasteiger partial charge on any atom is -0.297 e. The molecular formula is C15H33N. The Morgan fingerprint density at radius 2 is 1.75 bits per heavy atom. The standard InChI is InChI=1S/C13H27N.C2H6/c1-5-12-9-7-8-10-14(12)13(6-2)11(3)4;1-2/h11-13H,5-10H2,1-4H3;1-2H3. The Morgan fingerprint density at radius 3 is 2.19 bits per heavy atom. The summed E-state index contributed by atoms with van der Waals surface area (Å²) < 4.78 is 0. The average Bonchev–Trinajstić information content (AvgIpc) is 2.33. The molecule has 0 amide bonds. The van der Waals surface area contributed by atoms with Crippen molar-refractivity contribution in [3.05, 3.63) is 0 Å². The zero-order chi connectivity index (χ0) is 12.6. The first-order valence-electron chi connectivity index (χ1n) is 7.46. The molecule has 0 aromatic heterocycles. The normalized spacial score (nSPS) is 23.8. The summed E-state index contributed by atoms with van der Waals surface area (Å²) in [6.45, 7) is 14.8. The molecule has 1 aliphatic rings. The molecule has 0 N–H and O–H groups in total. The zero-order valence-electron chi connectivity index (χ0n) is 12.4. The van der Waals surface area contributed by atoms with Gasteiger partial charge in [-0.15, -0.1) is 0 Å². The maximum absolute atomic E-state index is 2.79. The Morgan fingerprint density at radius 1 is 1.12 bits per heavy atom. The molecule has 0 aliphatic carbocycles. The second-order valence-electron chi connectivity index (χ2n) is 5.02. The van der Waals surface area contributed by atoms with E-state index in [4.69, 9.17) is 0 Å². The molecule has 0 saturated carbocycles. The molecule has 1 aliphatic heterocycles. The van der Waals surface area contributed by atoms with Gasteiger partial charge in [0.05, 0.1) is 0 Å². The number of hydrogen-bond donors (Lipinski definition) is 0. The summed E-state index contributed by atoms with van der Waals surface area (Å²) in [6, 6.07) is 1.69. The van der Waals surface area contributed by atoms with E-state index in [0.29, 0.717) is 0 Å². The lowest BCUT2D eigenvalue weighted by Crippen LogP contribution is -2.47. The van der Waals surface area contributed by atoms with Crippen LogP contribution in [-0.2, 0) is 0 Å². The van der Waals surface area contributed by atoms with Crippen molar-refractivity contribution in [1.29, 1.82) is 0 Å². The van der Waals surface area contributed by atoms with Crippen molar-refractivity contribution in [3.8, 4) is 0 Å². The fraction of sp³-hybridized carbons (Fsp3) is 1.00. The van der Waals surface area contributed by atoms with Gasteiger partial charge in [-0.3, -0.25) is 4.90 Å². The molecule has 0 bridgehead atoms. The minimum absolute atomic E-state index is 0.812. The van der Waals surface area contributed by atoms with Gasteiger partial charge in [-0.05, 0) is 38.1 Å². The van der Waals surface area contributed by atoms with Gasteiger partial charge in [0.15, 0.2) is 0 Å². The highest BCUT2D eigenvalue weighted by atomic mass is 15.2. The number of likely N-dealkylation sites (tertiary alicyclic amines) is 1. The van der Waals surface area contributed by atoms with E-state index >= 15 is 0 Å². The van der Waals surface area contributed by atoms with E-state index in [9.17, 15) is 0 Å². The topological polar surface area (TPSA) is 3.24 Å². The second-order valence-corrected chi connectivity index (χ2v) is 5.02. The summed E-state index contributed by atoms with van der Waals surface area (Å²) in [7, 11) is 0. The molecule has 0 radical (unpaired) electrons. The fourth-order valence-electron chi connectivity index (χ4n) is 2.99. The second kappa shape index (κ2) is 9.04. The molecule has 1 rings (SSSR count). The van der Waals surface area contributed by atoms with Crippen LogP contribution in [0, 0.1) is 5.92 Å². The average molecular weight is 227 g/mol.